The van der Waals surface area contributed by atoms with Crippen LogP contribution in [0, 0.1) is 0 Å². The molecule has 2 aromatic carbocycles. The first kappa shape index (κ1) is 15.4. The van der Waals surface area contributed by atoms with E-state index in [9.17, 15) is 9.90 Å². The molecule has 2 aromatic rings. The fourth-order valence-electron chi connectivity index (χ4n) is 1.87. The van der Waals surface area contributed by atoms with E-state index in [1.54, 1.807) is 50.6 Å². The molecule has 0 saturated carbocycles. The third-order valence-corrected chi connectivity index (χ3v) is 2.91. The number of hydrogen-bond acceptors (Lipinski definition) is 4. The van der Waals surface area contributed by atoms with Crippen molar-refractivity contribution < 1.29 is 19.4 Å². The number of phenolic OH excluding ortho intramolecular Hbond substituents is 1. The lowest BCUT2D eigenvalue weighted by molar-refractivity contribution is -0.111. The van der Waals surface area contributed by atoms with Crippen LogP contribution in [0.3, 0.4) is 0 Å². The minimum Gasteiger partial charge on any atom is -0.508 e. The Labute approximate surface area is 128 Å². The zero-order chi connectivity index (χ0) is 15.9. The van der Waals surface area contributed by atoms with Crippen LogP contribution in [0.5, 0.6) is 17.2 Å². The van der Waals surface area contributed by atoms with Crippen LogP contribution in [-0.2, 0) is 4.79 Å². The minimum absolute atomic E-state index is 0.0966. The van der Waals surface area contributed by atoms with E-state index < -0.39 is 0 Å². The lowest BCUT2D eigenvalue weighted by atomic mass is 10.2. The summed E-state index contributed by atoms with van der Waals surface area (Å²) in [5.74, 6) is 1.09. The van der Waals surface area contributed by atoms with Gasteiger partial charge in [0, 0.05) is 23.9 Å². The Morgan fingerprint density at radius 2 is 1.77 bits per heavy atom. The SMILES string of the molecule is COc1cc(/C=C/C(=O)Nc2cccc(O)c2)cc(OC)c1. The number of carbonyl (C=O) groups excluding carboxylic acids is 1. The van der Waals surface area contributed by atoms with Gasteiger partial charge < -0.3 is 19.9 Å². The van der Waals surface area contributed by atoms with E-state index >= 15 is 0 Å². The van der Waals surface area contributed by atoms with Crippen molar-refractivity contribution in [1.82, 2.24) is 0 Å². The molecule has 0 spiro atoms. The summed E-state index contributed by atoms with van der Waals surface area (Å²) in [4.78, 5) is 11.9. The Morgan fingerprint density at radius 3 is 2.36 bits per heavy atom. The largest absolute Gasteiger partial charge is 0.508 e. The quantitative estimate of drug-likeness (QED) is 0.833. The molecule has 2 N–H and O–H groups in total. The van der Waals surface area contributed by atoms with Crippen LogP contribution in [0.1, 0.15) is 5.56 Å². The lowest BCUT2D eigenvalue weighted by Gasteiger charge is -2.06. The molecule has 0 heterocycles. The first-order valence-corrected chi connectivity index (χ1v) is 6.62. The average molecular weight is 299 g/mol. The lowest BCUT2D eigenvalue weighted by Crippen LogP contribution is -2.07. The number of anilines is 1. The molecule has 0 radical (unpaired) electrons. The highest BCUT2D eigenvalue weighted by atomic mass is 16.5. The maximum atomic E-state index is 11.9. The summed E-state index contributed by atoms with van der Waals surface area (Å²) in [6.07, 6.45) is 3.06. The van der Waals surface area contributed by atoms with Crippen molar-refractivity contribution in [2.45, 2.75) is 0 Å². The van der Waals surface area contributed by atoms with Gasteiger partial charge in [-0.05, 0) is 35.9 Å². The Bertz CT molecular complexity index is 673. The fourth-order valence-corrected chi connectivity index (χ4v) is 1.87. The van der Waals surface area contributed by atoms with Gasteiger partial charge in [0.05, 0.1) is 14.2 Å². The van der Waals surface area contributed by atoms with Gasteiger partial charge in [0.25, 0.3) is 0 Å². The zero-order valence-corrected chi connectivity index (χ0v) is 12.4. The van der Waals surface area contributed by atoms with Crippen molar-refractivity contribution >= 4 is 17.7 Å². The molecule has 0 fully saturated rings. The van der Waals surface area contributed by atoms with Crippen LogP contribution in [-0.4, -0.2) is 25.2 Å². The van der Waals surface area contributed by atoms with Crippen LogP contribution in [0.4, 0.5) is 5.69 Å². The third-order valence-electron chi connectivity index (χ3n) is 2.91. The van der Waals surface area contributed by atoms with Crippen molar-refractivity contribution in [3.63, 3.8) is 0 Å². The molecule has 0 unspecified atom stereocenters. The molecule has 0 atom stereocenters. The molecule has 1 amide bonds. The number of hydrogen-bond donors (Lipinski definition) is 2. The average Bonchev–Trinajstić information content (AvgIpc) is 2.52. The number of ether oxygens (including phenoxy) is 2. The molecular formula is C17H17NO4. The minimum atomic E-state index is -0.299. The molecule has 0 aromatic heterocycles. The number of nitrogens with one attached hydrogen (secondary N) is 1. The molecule has 22 heavy (non-hydrogen) atoms. The summed E-state index contributed by atoms with van der Waals surface area (Å²) in [5.41, 5.74) is 1.31. The maximum absolute atomic E-state index is 11.9. The smallest absolute Gasteiger partial charge is 0.248 e. The van der Waals surface area contributed by atoms with Gasteiger partial charge in [-0.25, -0.2) is 0 Å². The number of methoxy groups -OCH3 is 2. The van der Waals surface area contributed by atoms with Crippen LogP contribution in [0.15, 0.2) is 48.5 Å². The molecule has 5 nitrogen and oxygen atoms in total. The first-order chi connectivity index (χ1) is 10.6. The van der Waals surface area contributed by atoms with Crippen molar-refractivity contribution in [1.29, 1.82) is 0 Å². The van der Waals surface area contributed by atoms with Crippen molar-refractivity contribution in [3.8, 4) is 17.2 Å². The summed E-state index contributed by atoms with van der Waals surface area (Å²) < 4.78 is 10.3. The van der Waals surface area contributed by atoms with E-state index in [-0.39, 0.29) is 11.7 Å². The summed E-state index contributed by atoms with van der Waals surface area (Å²) in [5, 5.41) is 12.0. The van der Waals surface area contributed by atoms with Gasteiger partial charge in [0.1, 0.15) is 17.2 Å². The van der Waals surface area contributed by atoms with Gasteiger partial charge >= 0.3 is 0 Å². The summed E-state index contributed by atoms with van der Waals surface area (Å²) in [7, 11) is 3.13. The normalized spacial score (nSPS) is 10.5. The van der Waals surface area contributed by atoms with Gasteiger partial charge in [0.2, 0.25) is 5.91 Å². The molecule has 0 aliphatic carbocycles. The van der Waals surface area contributed by atoms with E-state index in [2.05, 4.69) is 5.32 Å². The number of rotatable bonds is 5. The third kappa shape index (κ3) is 4.28. The van der Waals surface area contributed by atoms with Gasteiger partial charge in [-0.3, -0.25) is 4.79 Å². The second-order valence-corrected chi connectivity index (χ2v) is 4.52. The van der Waals surface area contributed by atoms with E-state index in [1.807, 2.05) is 0 Å². The molecule has 2 rings (SSSR count). The van der Waals surface area contributed by atoms with Gasteiger partial charge in [-0.15, -0.1) is 0 Å². The predicted molar refractivity (Wildman–Crippen MR) is 85.3 cm³/mol. The fraction of sp³-hybridized carbons (Fsp3) is 0.118. The molecule has 114 valence electrons. The Kier molecular flexibility index (Phi) is 5.03. The maximum Gasteiger partial charge on any atom is 0.248 e. The second-order valence-electron chi connectivity index (χ2n) is 4.52. The topological polar surface area (TPSA) is 67.8 Å². The Balaban J connectivity index is 2.09. The van der Waals surface area contributed by atoms with Crippen LogP contribution in [0.2, 0.25) is 0 Å². The van der Waals surface area contributed by atoms with Crippen molar-refractivity contribution in [2.24, 2.45) is 0 Å². The number of amides is 1. The molecule has 0 aliphatic rings. The Hall–Kier alpha value is -2.95. The summed E-state index contributed by atoms with van der Waals surface area (Å²) in [6, 6.07) is 11.7. The number of aromatic hydroxyl groups is 1. The molecule has 0 aliphatic heterocycles. The van der Waals surface area contributed by atoms with Crippen LogP contribution >= 0.6 is 0 Å². The summed E-state index contributed by atoms with van der Waals surface area (Å²) >= 11 is 0. The molecule has 0 bridgehead atoms. The number of carbonyl (C=O) groups is 1. The van der Waals surface area contributed by atoms with Crippen molar-refractivity contribution in [2.75, 3.05) is 19.5 Å². The van der Waals surface area contributed by atoms with Gasteiger partial charge in [-0.1, -0.05) is 6.07 Å². The highest BCUT2D eigenvalue weighted by Crippen LogP contribution is 2.23. The number of phenols is 1. The monoisotopic (exact) mass is 299 g/mol. The zero-order valence-electron chi connectivity index (χ0n) is 12.4. The molecule has 5 heteroatoms. The second kappa shape index (κ2) is 7.17. The Morgan fingerprint density at radius 1 is 1.09 bits per heavy atom. The number of benzene rings is 2. The van der Waals surface area contributed by atoms with E-state index in [0.717, 1.165) is 5.56 Å². The van der Waals surface area contributed by atoms with E-state index in [1.165, 1.54) is 18.2 Å². The van der Waals surface area contributed by atoms with E-state index in [0.29, 0.717) is 17.2 Å². The summed E-state index contributed by atoms with van der Waals surface area (Å²) in [6.45, 7) is 0. The van der Waals surface area contributed by atoms with Crippen LogP contribution < -0.4 is 14.8 Å². The molecular weight excluding hydrogens is 282 g/mol. The van der Waals surface area contributed by atoms with E-state index in [4.69, 9.17) is 9.47 Å². The highest BCUT2D eigenvalue weighted by Gasteiger charge is 2.01. The highest BCUT2D eigenvalue weighted by molar-refractivity contribution is 6.02. The van der Waals surface area contributed by atoms with Gasteiger partial charge in [0.15, 0.2) is 0 Å². The standard InChI is InChI=1S/C17H17NO4/c1-21-15-8-12(9-16(11-15)22-2)6-7-17(20)18-13-4-3-5-14(19)10-13/h3-11,19H,1-2H3,(H,18,20)/b7-6+. The van der Waals surface area contributed by atoms with Gasteiger partial charge in [-0.2, -0.15) is 0 Å². The predicted octanol–water partition coefficient (Wildman–Crippen LogP) is 3.06. The molecule has 0 saturated heterocycles. The van der Waals surface area contributed by atoms with Crippen LogP contribution in [0.25, 0.3) is 6.08 Å². The van der Waals surface area contributed by atoms with Crippen molar-refractivity contribution in [3.05, 3.63) is 54.1 Å². The first-order valence-electron chi connectivity index (χ1n) is 6.62.